The largest absolute Gasteiger partial charge is 0.493 e. The Bertz CT molecular complexity index is 955. The van der Waals surface area contributed by atoms with Crippen LogP contribution in [0.5, 0.6) is 11.5 Å². The van der Waals surface area contributed by atoms with E-state index in [1.165, 1.54) is 15.9 Å². The molecular weight excluding hydrogens is 316 g/mol. The molecule has 0 atom stereocenters. The van der Waals surface area contributed by atoms with Gasteiger partial charge in [-0.25, -0.2) is 4.79 Å². The van der Waals surface area contributed by atoms with Crippen LogP contribution in [0.25, 0.3) is 10.2 Å². The van der Waals surface area contributed by atoms with Crippen LogP contribution in [0.4, 0.5) is 0 Å². The zero-order valence-corrected chi connectivity index (χ0v) is 13.6. The van der Waals surface area contributed by atoms with Crippen molar-refractivity contribution in [3.8, 4) is 11.5 Å². The first-order valence-electron chi connectivity index (χ1n) is 7.14. The van der Waals surface area contributed by atoms with E-state index in [0.29, 0.717) is 28.3 Å². The first kappa shape index (κ1) is 15.4. The number of hydrogen-bond acceptors (Lipinski definition) is 5. The lowest BCUT2D eigenvalue weighted by molar-refractivity contribution is 0.310. The molecule has 0 saturated carbocycles. The number of aromatic amines is 1. The number of fused-ring (bicyclic) bond motifs is 1. The molecule has 0 fully saturated rings. The van der Waals surface area contributed by atoms with Gasteiger partial charge < -0.3 is 14.5 Å². The number of rotatable bonds is 5. The van der Waals surface area contributed by atoms with Crippen molar-refractivity contribution < 1.29 is 9.47 Å². The van der Waals surface area contributed by atoms with Gasteiger partial charge in [0.1, 0.15) is 4.70 Å². The topological polar surface area (TPSA) is 73.3 Å². The molecule has 0 aliphatic rings. The summed E-state index contributed by atoms with van der Waals surface area (Å²) >= 11 is 1.32. The maximum atomic E-state index is 12.4. The number of benzene rings is 1. The summed E-state index contributed by atoms with van der Waals surface area (Å²) in [6.07, 6.45) is 0. The molecule has 0 bridgehead atoms. The fraction of sp³-hybridized carbons (Fsp3) is 0.250. The molecule has 23 heavy (non-hydrogen) atoms. The Morgan fingerprint density at radius 2 is 2.04 bits per heavy atom. The van der Waals surface area contributed by atoms with Gasteiger partial charge in [0.2, 0.25) is 0 Å². The molecule has 2 heterocycles. The van der Waals surface area contributed by atoms with Crippen molar-refractivity contribution in [3.05, 3.63) is 56.0 Å². The van der Waals surface area contributed by atoms with Crippen molar-refractivity contribution in [2.45, 2.75) is 13.5 Å². The van der Waals surface area contributed by atoms with Gasteiger partial charge in [-0.2, -0.15) is 0 Å². The molecular formula is C16H16N2O4S. The molecule has 0 unspecified atom stereocenters. The van der Waals surface area contributed by atoms with Gasteiger partial charge >= 0.3 is 5.69 Å². The predicted octanol–water partition coefficient (Wildman–Crippen LogP) is 2.21. The molecule has 3 aromatic rings. The SMILES string of the molecule is CCOc1cc(Cn2c(=O)[nH]c3ccsc3c2=O)ccc1OC. The van der Waals surface area contributed by atoms with Crippen LogP contribution in [0.2, 0.25) is 0 Å². The molecule has 2 aromatic heterocycles. The number of methoxy groups -OCH3 is 1. The van der Waals surface area contributed by atoms with E-state index in [0.717, 1.165) is 5.56 Å². The lowest BCUT2D eigenvalue weighted by Crippen LogP contribution is -2.34. The summed E-state index contributed by atoms with van der Waals surface area (Å²) in [7, 11) is 1.57. The second-order valence-electron chi connectivity index (χ2n) is 4.90. The molecule has 120 valence electrons. The van der Waals surface area contributed by atoms with Gasteiger partial charge in [0, 0.05) is 0 Å². The van der Waals surface area contributed by atoms with Gasteiger partial charge in [-0.3, -0.25) is 9.36 Å². The minimum Gasteiger partial charge on any atom is -0.493 e. The maximum Gasteiger partial charge on any atom is 0.329 e. The molecule has 0 amide bonds. The highest BCUT2D eigenvalue weighted by Gasteiger charge is 2.11. The quantitative estimate of drug-likeness (QED) is 0.777. The van der Waals surface area contributed by atoms with Gasteiger partial charge in [-0.1, -0.05) is 6.07 Å². The van der Waals surface area contributed by atoms with Crippen LogP contribution >= 0.6 is 11.3 Å². The van der Waals surface area contributed by atoms with E-state index in [2.05, 4.69) is 4.98 Å². The second-order valence-corrected chi connectivity index (χ2v) is 5.82. The number of thiophene rings is 1. The molecule has 7 heteroatoms. The van der Waals surface area contributed by atoms with Crippen molar-refractivity contribution >= 4 is 21.6 Å². The van der Waals surface area contributed by atoms with Gasteiger partial charge in [-0.15, -0.1) is 11.3 Å². The minimum atomic E-state index is -0.422. The number of nitrogens with one attached hydrogen (secondary N) is 1. The summed E-state index contributed by atoms with van der Waals surface area (Å²) < 4.78 is 12.5. The summed E-state index contributed by atoms with van der Waals surface area (Å²) in [5, 5.41) is 1.78. The first-order chi connectivity index (χ1) is 11.1. The van der Waals surface area contributed by atoms with E-state index in [4.69, 9.17) is 9.47 Å². The molecule has 0 aliphatic heterocycles. The fourth-order valence-corrected chi connectivity index (χ4v) is 3.18. The van der Waals surface area contributed by atoms with Gasteiger partial charge in [0.25, 0.3) is 5.56 Å². The molecule has 6 nitrogen and oxygen atoms in total. The Kier molecular flexibility index (Phi) is 4.20. The highest BCUT2D eigenvalue weighted by atomic mass is 32.1. The standard InChI is InChI=1S/C16H16N2O4S/c1-3-22-13-8-10(4-5-12(13)21-2)9-18-15(19)14-11(6-7-23-14)17-16(18)20/h4-8H,3,9H2,1-2H3,(H,17,20). The number of H-pyrrole nitrogens is 1. The fourth-order valence-electron chi connectivity index (χ4n) is 2.38. The van der Waals surface area contributed by atoms with E-state index < -0.39 is 5.69 Å². The van der Waals surface area contributed by atoms with Crippen molar-refractivity contribution in [1.82, 2.24) is 9.55 Å². The molecule has 1 N–H and O–H groups in total. The number of ether oxygens (including phenoxy) is 2. The molecule has 0 saturated heterocycles. The van der Waals surface area contributed by atoms with Crippen LogP contribution in [0.1, 0.15) is 12.5 Å². The van der Waals surface area contributed by atoms with E-state index >= 15 is 0 Å². The monoisotopic (exact) mass is 332 g/mol. The van der Waals surface area contributed by atoms with Gasteiger partial charge in [0.15, 0.2) is 11.5 Å². The summed E-state index contributed by atoms with van der Waals surface area (Å²) in [5.74, 6) is 1.21. The molecule has 3 rings (SSSR count). The van der Waals surface area contributed by atoms with Crippen LogP contribution in [-0.2, 0) is 6.54 Å². The smallest absolute Gasteiger partial charge is 0.329 e. The summed E-state index contributed by atoms with van der Waals surface area (Å²) in [4.78, 5) is 27.3. The second kappa shape index (κ2) is 6.29. The predicted molar refractivity (Wildman–Crippen MR) is 90.0 cm³/mol. The van der Waals surface area contributed by atoms with E-state index in [1.807, 2.05) is 13.0 Å². The van der Waals surface area contributed by atoms with E-state index in [1.54, 1.807) is 30.7 Å². The Morgan fingerprint density at radius 1 is 1.22 bits per heavy atom. The minimum absolute atomic E-state index is 0.173. The highest BCUT2D eigenvalue weighted by Crippen LogP contribution is 2.28. The molecule has 0 aliphatic carbocycles. The summed E-state index contributed by atoms with van der Waals surface area (Å²) in [6.45, 7) is 2.56. The first-order valence-corrected chi connectivity index (χ1v) is 8.02. The third-order valence-electron chi connectivity index (χ3n) is 3.46. The normalized spacial score (nSPS) is 10.9. The van der Waals surface area contributed by atoms with Gasteiger partial charge in [0.05, 0.1) is 25.8 Å². The van der Waals surface area contributed by atoms with Crippen LogP contribution in [0.15, 0.2) is 39.2 Å². The van der Waals surface area contributed by atoms with Gasteiger partial charge in [-0.05, 0) is 36.1 Å². The molecule has 1 aromatic carbocycles. The van der Waals surface area contributed by atoms with E-state index in [-0.39, 0.29) is 12.1 Å². The number of aromatic nitrogens is 2. The van der Waals surface area contributed by atoms with Crippen LogP contribution in [-0.4, -0.2) is 23.3 Å². The van der Waals surface area contributed by atoms with Crippen LogP contribution in [0.3, 0.4) is 0 Å². The zero-order valence-electron chi connectivity index (χ0n) is 12.8. The Hall–Kier alpha value is -2.54. The molecule has 0 spiro atoms. The van der Waals surface area contributed by atoms with Crippen molar-refractivity contribution in [2.75, 3.05) is 13.7 Å². The Morgan fingerprint density at radius 3 is 2.78 bits per heavy atom. The van der Waals surface area contributed by atoms with Crippen molar-refractivity contribution in [1.29, 1.82) is 0 Å². The number of hydrogen-bond donors (Lipinski definition) is 1. The summed E-state index contributed by atoms with van der Waals surface area (Å²) in [5.41, 5.74) is 0.658. The number of nitrogens with zero attached hydrogens (tertiary/aromatic N) is 1. The lowest BCUT2D eigenvalue weighted by Gasteiger charge is -2.11. The summed E-state index contributed by atoms with van der Waals surface area (Å²) in [6, 6.07) is 7.09. The third-order valence-corrected chi connectivity index (χ3v) is 4.36. The Balaban J connectivity index is 2.04. The van der Waals surface area contributed by atoms with Crippen molar-refractivity contribution in [2.24, 2.45) is 0 Å². The van der Waals surface area contributed by atoms with Crippen LogP contribution < -0.4 is 20.7 Å². The Labute approximate surface area is 135 Å². The average Bonchev–Trinajstić information content (AvgIpc) is 3.00. The van der Waals surface area contributed by atoms with Crippen molar-refractivity contribution in [3.63, 3.8) is 0 Å². The highest BCUT2D eigenvalue weighted by molar-refractivity contribution is 7.17. The van der Waals surface area contributed by atoms with E-state index in [9.17, 15) is 9.59 Å². The average molecular weight is 332 g/mol. The van der Waals surface area contributed by atoms with Crippen LogP contribution in [0, 0.1) is 0 Å². The zero-order chi connectivity index (χ0) is 16.4. The third kappa shape index (κ3) is 2.87. The maximum absolute atomic E-state index is 12.4. The lowest BCUT2D eigenvalue weighted by atomic mass is 10.2. The molecule has 0 radical (unpaired) electrons.